The number of carbonyl (C=O) groups is 3. The molecular formula is C22H24FNO4. The maximum absolute atomic E-state index is 13.5. The largest absolute Gasteiger partial charge is 0.461 e. The molecule has 2 aromatic rings. The van der Waals surface area contributed by atoms with E-state index in [-0.39, 0.29) is 24.2 Å². The molecule has 0 N–H and O–H groups in total. The number of halogens is 1. The van der Waals surface area contributed by atoms with Gasteiger partial charge in [0, 0.05) is 0 Å². The first-order chi connectivity index (χ1) is 13.5. The topological polar surface area (TPSA) is 63.7 Å². The van der Waals surface area contributed by atoms with E-state index in [1.807, 2.05) is 45.0 Å². The van der Waals surface area contributed by atoms with Crippen molar-refractivity contribution in [1.29, 1.82) is 0 Å². The predicted octanol–water partition coefficient (Wildman–Crippen LogP) is 4.09. The molecule has 2 amide bonds. The van der Waals surface area contributed by atoms with Gasteiger partial charge >= 0.3 is 5.97 Å². The number of hydrogen-bond donors (Lipinski definition) is 0. The van der Waals surface area contributed by atoms with Crippen molar-refractivity contribution in [2.24, 2.45) is 0 Å². The van der Waals surface area contributed by atoms with Crippen LogP contribution in [0.1, 0.15) is 52.1 Å². The van der Waals surface area contributed by atoms with Crippen molar-refractivity contribution >= 4 is 17.8 Å². The first-order valence-electron chi connectivity index (χ1n) is 9.25. The highest BCUT2D eigenvalue weighted by molar-refractivity contribution is 6.21. The number of fused-ring (bicyclic) bond motifs is 1. The molecule has 6 heteroatoms. The number of benzene rings is 2. The van der Waals surface area contributed by atoms with Crippen LogP contribution in [0.3, 0.4) is 0 Å². The van der Waals surface area contributed by atoms with E-state index in [1.165, 1.54) is 12.1 Å². The molecule has 0 saturated carbocycles. The van der Waals surface area contributed by atoms with Crippen LogP contribution < -0.4 is 0 Å². The van der Waals surface area contributed by atoms with Crippen LogP contribution in [-0.2, 0) is 16.1 Å². The number of hydrogen-bond acceptors (Lipinski definition) is 4. The Balaban J connectivity index is 0.00000136. The minimum absolute atomic E-state index is 0.0572. The first kappa shape index (κ1) is 21.3. The molecule has 0 radical (unpaired) electrons. The lowest BCUT2D eigenvalue weighted by molar-refractivity contribution is -0.146. The van der Waals surface area contributed by atoms with Gasteiger partial charge in [0.15, 0.2) is 0 Å². The zero-order chi connectivity index (χ0) is 20.7. The number of carbonyl (C=O) groups excluding carboxylic acids is 3. The monoisotopic (exact) mass is 385 g/mol. The molecule has 0 aliphatic carbocycles. The molecule has 1 aliphatic heterocycles. The summed E-state index contributed by atoms with van der Waals surface area (Å²) in [5.41, 5.74) is 2.30. The summed E-state index contributed by atoms with van der Waals surface area (Å²) < 4.78 is 18.7. The molecule has 0 aromatic heterocycles. The van der Waals surface area contributed by atoms with Crippen molar-refractivity contribution in [2.45, 2.75) is 39.8 Å². The molecule has 28 heavy (non-hydrogen) atoms. The fourth-order valence-corrected chi connectivity index (χ4v) is 2.97. The lowest BCUT2D eigenvalue weighted by atomic mass is 10.1. The number of ether oxygens (including phenoxy) is 1. The Morgan fingerprint density at radius 3 is 2.18 bits per heavy atom. The van der Waals surface area contributed by atoms with Crippen LogP contribution >= 0.6 is 0 Å². The molecule has 2 aromatic carbocycles. The Labute approximate surface area is 164 Å². The van der Waals surface area contributed by atoms with Crippen LogP contribution in [0.5, 0.6) is 0 Å². The third-order valence-corrected chi connectivity index (χ3v) is 4.25. The van der Waals surface area contributed by atoms with Crippen molar-refractivity contribution in [1.82, 2.24) is 4.90 Å². The summed E-state index contributed by atoms with van der Waals surface area (Å²) >= 11 is 0. The second-order valence-corrected chi connectivity index (χ2v) is 6.19. The van der Waals surface area contributed by atoms with E-state index in [9.17, 15) is 18.8 Å². The van der Waals surface area contributed by atoms with Crippen LogP contribution in [0.25, 0.3) is 0 Å². The smallest absolute Gasteiger partial charge is 0.308 e. The number of esters is 1. The first-order valence-corrected chi connectivity index (χ1v) is 9.25. The Kier molecular flexibility index (Phi) is 7.44. The zero-order valence-corrected chi connectivity index (χ0v) is 16.3. The van der Waals surface area contributed by atoms with E-state index >= 15 is 0 Å². The number of aryl methyl sites for hydroxylation is 1. The van der Waals surface area contributed by atoms with Crippen LogP contribution in [0.15, 0.2) is 48.5 Å². The SMILES string of the molecule is CC.Cc1cccc(COC(=O)C[C@@H](CF)N2C(=O)c3ccccc3C2=O)c1. The lowest BCUT2D eigenvalue weighted by Crippen LogP contribution is -2.42. The van der Waals surface area contributed by atoms with Gasteiger partial charge < -0.3 is 4.74 Å². The molecule has 0 fully saturated rings. The Hall–Kier alpha value is -3.02. The number of alkyl halides is 1. The number of imide groups is 1. The van der Waals surface area contributed by atoms with E-state index in [1.54, 1.807) is 12.1 Å². The summed E-state index contributed by atoms with van der Waals surface area (Å²) in [4.78, 5) is 37.7. The fourth-order valence-electron chi connectivity index (χ4n) is 2.97. The third-order valence-electron chi connectivity index (χ3n) is 4.25. The van der Waals surface area contributed by atoms with Crippen LogP contribution in [-0.4, -0.2) is 35.4 Å². The predicted molar refractivity (Wildman–Crippen MR) is 104 cm³/mol. The quantitative estimate of drug-likeness (QED) is 0.555. The second-order valence-electron chi connectivity index (χ2n) is 6.19. The summed E-state index contributed by atoms with van der Waals surface area (Å²) in [7, 11) is 0. The molecule has 0 saturated heterocycles. The van der Waals surface area contributed by atoms with E-state index in [4.69, 9.17) is 4.74 Å². The van der Waals surface area contributed by atoms with Crippen LogP contribution in [0.4, 0.5) is 4.39 Å². The van der Waals surface area contributed by atoms with Crippen molar-refractivity contribution in [2.75, 3.05) is 6.67 Å². The fraction of sp³-hybridized carbons (Fsp3) is 0.318. The highest BCUT2D eigenvalue weighted by Gasteiger charge is 2.40. The Bertz CT molecular complexity index is 830. The summed E-state index contributed by atoms with van der Waals surface area (Å²) in [6.07, 6.45) is -0.381. The minimum Gasteiger partial charge on any atom is -0.461 e. The number of nitrogens with zero attached hydrogens (tertiary/aromatic N) is 1. The highest BCUT2D eigenvalue weighted by Crippen LogP contribution is 2.26. The highest BCUT2D eigenvalue weighted by atomic mass is 19.1. The van der Waals surface area contributed by atoms with Crippen molar-refractivity contribution < 1.29 is 23.5 Å². The average Bonchev–Trinajstić information content (AvgIpc) is 2.97. The Morgan fingerprint density at radius 1 is 1.04 bits per heavy atom. The average molecular weight is 385 g/mol. The van der Waals surface area contributed by atoms with Gasteiger partial charge in [0.05, 0.1) is 23.6 Å². The standard InChI is InChI=1S/C20H18FNO4.C2H6/c1-13-5-4-6-14(9-13)12-26-18(23)10-15(11-21)22-19(24)16-7-2-3-8-17(16)20(22)25;1-2/h2-9,15H,10-12H2,1H3;1-2H3/t15-;/m0./s1. The molecular weight excluding hydrogens is 361 g/mol. The molecule has 5 nitrogen and oxygen atoms in total. The van der Waals surface area contributed by atoms with E-state index in [2.05, 4.69) is 0 Å². The molecule has 0 unspecified atom stereocenters. The molecule has 148 valence electrons. The van der Waals surface area contributed by atoms with Gasteiger partial charge in [-0.25, -0.2) is 4.39 Å². The van der Waals surface area contributed by atoms with Gasteiger partial charge in [-0.05, 0) is 24.6 Å². The normalized spacial score (nSPS) is 13.5. The van der Waals surface area contributed by atoms with Gasteiger partial charge in [0.25, 0.3) is 11.8 Å². The maximum Gasteiger partial charge on any atom is 0.308 e. The van der Waals surface area contributed by atoms with E-state index in [0.717, 1.165) is 16.0 Å². The van der Waals surface area contributed by atoms with Crippen molar-refractivity contribution in [3.63, 3.8) is 0 Å². The van der Waals surface area contributed by atoms with Gasteiger partial charge in [-0.1, -0.05) is 55.8 Å². The van der Waals surface area contributed by atoms with Crippen molar-refractivity contribution in [3.8, 4) is 0 Å². The van der Waals surface area contributed by atoms with Gasteiger partial charge in [-0.3, -0.25) is 19.3 Å². The van der Waals surface area contributed by atoms with Crippen LogP contribution in [0.2, 0.25) is 0 Å². The summed E-state index contributed by atoms with van der Waals surface area (Å²) in [5.74, 6) is -1.83. The number of amides is 2. The van der Waals surface area contributed by atoms with Gasteiger partial charge in [-0.15, -0.1) is 0 Å². The molecule has 1 heterocycles. The van der Waals surface area contributed by atoms with Gasteiger partial charge in [0.1, 0.15) is 13.3 Å². The Morgan fingerprint density at radius 2 is 1.64 bits per heavy atom. The summed E-state index contributed by atoms with van der Waals surface area (Å²) in [6, 6.07) is 12.6. The number of rotatable bonds is 6. The molecule has 3 rings (SSSR count). The van der Waals surface area contributed by atoms with Crippen molar-refractivity contribution in [3.05, 3.63) is 70.8 Å². The lowest BCUT2D eigenvalue weighted by Gasteiger charge is -2.22. The molecule has 1 aliphatic rings. The van der Waals surface area contributed by atoms with Crippen LogP contribution in [0, 0.1) is 6.92 Å². The maximum atomic E-state index is 13.5. The second kappa shape index (κ2) is 9.78. The summed E-state index contributed by atoms with van der Waals surface area (Å²) in [5, 5.41) is 0. The molecule has 0 spiro atoms. The molecule has 1 atom stereocenters. The van der Waals surface area contributed by atoms with Gasteiger partial charge in [-0.2, -0.15) is 0 Å². The minimum atomic E-state index is -1.17. The van der Waals surface area contributed by atoms with E-state index < -0.39 is 30.5 Å². The van der Waals surface area contributed by atoms with Gasteiger partial charge in [0.2, 0.25) is 0 Å². The summed E-state index contributed by atoms with van der Waals surface area (Å²) in [6.45, 7) is 4.97. The third kappa shape index (κ3) is 4.63. The molecule has 0 bridgehead atoms. The van der Waals surface area contributed by atoms with E-state index in [0.29, 0.717) is 0 Å². The zero-order valence-electron chi connectivity index (χ0n) is 16.3.